The Labute approximate surface area is 232 Å². The minimum absolute atomic E-state index is 0.0814. The molecule has 1 aliphatic carbocycles. The summed E-state index contributed by atoms with van der Waals surface area (Å²) in [5.74, 6) is 1.65. The second-order valence-corrected chi connectivity index (χ2v) is 10.5. The summed E-state index contributed by atoms with van der Waals surface area (Å²) in [6.07, 6.45) is 4.93. The molecule has 0 fully saturated rings. The zero-order valence-corrected chi connectivity index (χ0v) is 23.1. The first-order chi connectivity index (χ1) is 17.8. The fourth-order valence-electron chi connectivity index (χ4n) is 5.17. The van der Waals surface area contributed by atoms with Crippen LogP contribution in [0.5, 0.6) is 17.2 Å². The number of hydrogen-bond donors (Lipinski definition) is 1. The molecule has 1 aliphatic heterocycles. The van der Waals surface area contributed by atoms with Gasteiger partial charge in [0, 0.05) is 12.0 Å². The van der Waals surface area contributed by atoms with E-state index < -0.39 is 0 Å². The molecule has 0 aromatic heterocycles. The SMILES string of the molecule is COc1ccc([N+](=O)[O-])c2c1N[C@H](c1cc(Br)c(OCc3ccc(Cl)c(Cl)c3)c(OC)c1)[C@@H]1CC=C[C@H]21. The van der Waals surface area contributed by atoms with E-state index in [9.17, 15) is 10.1 Å². The van der Waals surface area contributed by atoms with Crippen molar-refractivity contribution in [3.63, 3.8) is 0 Å². The summed E-state index contributed by atoms with van der Waals surface area (Å²) < 4.78 is 18.1. The van der Waals surface area contributed by atoms with Gasteiger partial charge in [-0.3, -0.25) is 10.1 Å². The molecule has 0 saturated carbocycles. The van der Waals surface area contributed by atoms with Gasteiger partial charge >= 0.3 is 0 Å². The minimum Gasteiger partial charge on any atom is -0.495 e. The average Bonchev–Trinajstić information content (AvgIpc) is 3.38. The second-order valence-electron chi connectivity index (χ2n) is 8.88. The van der Waals surface area contributed by atoms with Crippen LogP contribution in [-0.4, -0.2) is 19.1 Å². The van der Waals surface area contributed by atoms with Crippen LogP contribution in [0, 0.1) is 16.0 Å². The molecule has 0 spiro atoms. The molecule has 10 heteroatoms. The van der Waals surface area contributed by atoms with Gasteiger partial charge in [0.2, 0.25) is 0 Å². The lowest BCUT2D eigenvalue weighted by Gasteiger charge is -2.38. The summed E-state index contributed by atoms with van der Waals surface area (Å²) in [6, 6.07) is 12.3. The van der Waals surface area contributed by atoms with Gasteiger partial charge in [-0.25, -0.2) is 0 Å². The molecular weight excluding hydrogens is 583 g/mol. The van der Waals surface area contributed by atoms with E-state index >= 15 is 0 Å². The average molecular weight is 606 g/mol. The summed E-state index contributed by atoms with van der Waals surface area (Å²) in [5.41, 5.74) is 3.22. The maximum Gasteiger partial charge on any atom is 0.275 e. The molecule has 0 unspecified atom stereocenters. The summed E-state index contributed by atoms with van der Waals surface area (Å²) >= 11 is 15.8. The maximum atomic E-state index is 11.8. The fraction of sp³-hybridized carbons (Fsp3) is 0.259. The first kappa shape index (κ1) is 25.7. The number of benzene rings is 3. The van der Waals surface area contributed by atoms with Crippen molar-refractivity contribution >= 4 is 50.5 Å². The second kappa shape index (κ2) is 10.4. The molecule has 0 amide bonds. The van der Waals surface area contributed by atoms with E-state index in [0.717, 1.165) is 22.0 Å². The number of nitro benzene ring substituents is 1. The van der Waals surface area contributed by atoms with Crippen molar-refractivity contribution in [1.29, 1.82) is 0 Å². The van der Waals surface area contributed by atoms with Gasteiger partial charge in [0.05, 0.1) is 51.0 Å². The molecule has 3 aromatic rings. The highest BCUT2D eigenvalue weighted by Crippen LogP contribution is 2.55. The standard InChI is InChI=1S/C27H23BrCl2N2O5/c1-35-22-9-8-21(32(33)34)24-16-4-3-5-17(16)25(31-26(22)24)15-11-18(28)27(23(12-15)36-2)37-13-14-6-7-19(29)20(30)10-14/h3-4,6-12,16-17,25,31H,5,13H2,1-2H3/t16-,17+,25+/m0/s1. The van der Waals surface area contributed by atoms with E-state index in [1.165, 1.54) is 6.07 Å². The Balaban J connectivity index is 1.50. The number of nitrogens with one attached hydrogen (secondary N) is 1. The van der Waals surface area contributed by atoms with Crippen LogP contribution in [0.1, 0.15) is 35.1 Å². The highest BCUT2D eigenvalue weighted by atomic mass is 79.9. The van der Waals surface area contributed by atoms with Crippen molar-refractivity contribution in [3.8, 4) is 17.2 Å². The third-order valence-corrected chi connectivity index (χ3v) is 8.18. The predicted octanol–water partition coefficient (Wildman–Crippen LogP) is 8.09. The van der Waals surface area contributed by atoms with Crippen LogP contribution in [0.2, 0.25) is 10.0 Å². The molecule has 7 nitrogen and oxygen atoms in total. The van der Waals surface area contributed by atoms with Gasteiger partial charge < -0.3 is 19.5 Å². The Bertz CT molecular complexity index is 1410. The Morgan fingerprint density at radius 3 is 2.57 bits per heavy atom. The zero-order chi connectivity index (χ0) is 26.3. The van der Waals surface area contributed by atoms with E-state index in [1.54, 1.807) is 32.4 Å². The Morgan fingerprint density at radius 2 is 1.86 bits per heavy atom. The first-order valence-electron chi connectivity index (χ1n) is 11.5. The number of ether oxygens (including phenoxy) is 3. The number of rotatable bonds is 7. The number of methoxy groups -OCH3 is 2. The van der Waals surface area contributed by atoms with Crippen LogP contribution in [0.15, 0.2) is 59.1 Å². The smallest absolute Gasteiger partial charge is 0.275 e. The van der Waals surface area contributed by atoms with Crippen molar-refractivity contribution in [3.05, 3.63) is 95.9 Å². The van der Waals surface area contributed by atoms with Gasteiger partial charge in [-0.05, 0) is 69.7 Å². The molecule has 192 valence electrons. The lowest BCUT2D eigenvalue weighted by atomic mass is 9.76. The molecular formula is C27H23BrCl2N2O5. The highest BCUT2D eigenvalue weighted by Gasteiger charge is 2.43. The molecule has 1 heterocycles. The van der Waals surface area contributed by atoms with Gasteiger partial charge in [0.1, 0.15) is 12.4 Å². The van der Waals surface area contributed by atoms with Crippen LogP contribution in [0.25, 0.3) is 0 Å². The van der Waals surface area contributed by atoms with Gasteiger partial charge in [0.25, 0.3) is 5.69 Å². The number of nitro groups is 1. The number of hydrogen-bond acceptors (Lipinski definition) is 6. The summed E-state index contributed by atoms with van der Waals surface area (Å²) in [4.78, 5) is 11.5. The lowest BCUT2D eigenvalue weighted by molar-refractivity contribution is -0.385. The number of halogens is 3. The first-order valence-corrected chi connectivity index (χ1v) is 13.1. The Hall–Kier alpha value is -2.94. The van der Waals surface area contributed by atoms with E-state index in [-0.39, 0.29) is 35.1 Å². The van der Waals surface area contributed by atoms with E-state index in [0.29, 0.717) is 38.5 Å². The molecule has 2 aliphatic rings. The van der Waals surface area contributed by atoms with Crippen LogP contribution >= 0.6 is 39.1 Å². The molecule has 0 saturated heterocycles. The maximum absolute atomic E-state index is 11.8. The lowest BCUT2D eigenvalue weighted by Crippen LogP contribution is -2.30. The van der Waals surface area contributed by atoms with Gasteiger partial charge in [-0.15, -0.1) is 0 Å². The van der Waals surface area contributed by atoms with Crippen molar-refractivity contribution < 1.29 is 19.1 Å². The van der Waals surface area contributed by atoms with Crippen LogP contribution in [0.3, 0.4) is 0 Å². The Morgan fingerprint density at radius 1 is 1.08 bits per heavy atom. The normalized spacial score (nSPS) is 19.5. The molecule has 0 bridgehead atoms. The molecule has 37 heavy (non-hydrogen) atoms. The van der Waals surface area contributed by atoms with Crippen molar-refractivity contribution in [2.45, 2.75) is 25.0 Å². The van der Waals surface area contributed by atoms with Crippen LogP contribution < -0.4 is 19.5 Å². The Kier molecular flexibility index (Phi) is 7.25. The van der Waals surface area contributed by atoms with E-state index in [2.05, 4.69) is 33.4 Å². The molecule has 3 atom stereocenters. The molecule has 3 aromatic carbocycles. The van der Waals surface area contributed by atoms with Gasteiger partial charge in [-0.2, -0.15) is 0 Å². The van der Waals surface area contributed by atoms with Crippen LogP contribution in [-0.2, 0) is 6.61 Å². The van der Waals surface area contributed by atoms with Gasteiger partial charge in [-0.1, -0.05) is 41.4 Å². The predicted molar refractivity (Wildman–Crippen MR) is 147 cm³/mol. The summed E-state index contributed by atoms with van der Waals surface area (Å²) in [7, 11) is 3.15. The number of allylic oxidation sites excluding steroid dienone is 2. The zero-order valence-electron chi connectivity index (χ0n) is 20.0. The van der Waals surface area contributed by atoms with E-state index in [1.807, 2.05) is 18.2 Å². The van der Waals surface area contributed by atoms with Crippen LogP contribution in [0.4, 0.5) is 11.4 Å². The molecule has 5 rings (SSSR count). The minimum atomic E-state index is -0.330. The third kappa shape index (κ3) is 4.74. The monoisotopic (exact) mass is 604 g/mol. The quantitative estimate of drug-likeness (QED) is 0.166. The van der Waals surface area contributed by atoms with Crippen molar-refractivity contribution in [2.75, 3.05) is 19.5 Å². The van der Waals surface area contributed by atoms with Crippen molar-refractivity contribution in [1.82, 2.24) is 0 Å². The largest absolute Gasteiger partial charge is 0.495 e. The summed E-state index contributed by atoms with van der Waals surface area (Å²) in [6.45, 7) is 0.274. The summed E-state index contributed by atoms with van der Waals surface area (Å²) in [5, 5.41) is 16.3. The number of anilines is 1. The molecule has 0 radical (unpaired) electrons. The topological polar surface area (TPSA) is 82.9 Å². The van der Waals surface area contributed by atoms with E-state index in [4.69, 9.17) is 37.4 Å². The van der Waals surface area contributed by atoms with Gasteiger partial charge in [0.15, 0.2) is 11.5 Å². The fourth-order valence-corrected chi connectivity index (χ4v) is 6.06. The third-order valence-electron chi connectivity index (χ3n) is 6.85. The number of fused-ring (bicyclic) bond motifs is 3. The molecule has 1 N–H and O–H groups in total. The number of nitrogens with zero attached hydrogens (tertiary/aromatic N) is 1. The van der Waals surface area contributed by atoms with Crippen molar-refractivity contribution in [2.24, 2.45) is 5.92 Å². The highest BCUT2D eigenvalue weighted by molar-refractivity contribution is 9.10.